The molecule has 0 aromatic rings. The summed E-state index contributed by atoms with van der Waals surface area (Å²) in [5.74, 6) is -8.50. The van der Waals surface area contributed by atoms with E-state index in [2.05, 4.69) is 0 Å². The van der Waals surface area contributed by atoms with Crippen molar-refractivity contribution in [2.45, 2.75) is 82.7 Å². The quantitative estimate of drug-likeness (QED) is 0.275. The molecular formula is C20H32F4O5S. The second-order valence-corrected chi connectivity index (χ2v) is 11.0. The number of esters is 1. The van der Waals surface area contributed by atoms with Crippen LogP contribution in [0.1, 0.15) is 64.7 Å². The normalized spacial score (nSPS) is 22.6. The molecular weight excluding hydrogens is 428 g/mol. The van der Waals surface area contributed by atoms with Gasteiger partial charge in [-0.1, -0.05) is 19.3 Å². The fourth-order valence-electron chi connectivity index (χ4n) is 4.01. The van der Waals surface area contributed by atoms with Gasteiger partial charge in [-0.3, -0.25) is 4.79 Å². The minimum absolute atomic E-state index is 0.0702. The number of alkyl halides is 4. The molecule has 0 radical (unpaired) electrons. The lowest BCUT2D eigenvalue weighted by Crippen LogP contribution is -2.45. The van der Waals surface area contributed by atoms with E-state index in [4.69, 9.17) is 9.47 Å². The number of carbonyl (C=O) groups is 1. The second-order valence-electron chi connectivity index (χ2n) is 8.73. The Labute approximate surface area is 175 Å². The third kappa shape index (κ3) is 8.69. The zero-order chi connectivity index (χ0) is 22.4. The Morgan fingerprint density at radius 2 is 1.63 bits per heavy atom. The minimum Gasteiger partial charge on any atom is -0.453 e. The van der Waals surface area contributed by atoms with Crippen LogP contribution in [0.5, 0.6) is 0 Å². The van der Waals surface area contributed by atoms with Gasteiger partial charge in [0.05, 0.1) is 30.5 Å². The number of hydrogen-bond donors (Lipinski definition) is 0. The van der Waals surface area contributed by atoms with Crippen LogP contribution in [0.4, 0.5) is 17.6 Å². The molecule has 1 heterocycles. The van der Waals surface area contributed by atoms with E-state index in [1.165, 1.54) is 0 Å². The first kappa shape index (κ1) is 25.4. The van der Waals surface area contributed by atoms with Gasteiger partial charge >= 0.3 is 5.97 Å². The van der Waals surface area contributed by atoms with Crippen LogP contribution in [0, 0.1) is 11.8 Å². The van der Waals surface area contributed by atoms with Crippen LogP contribution in [0.2, 0.25) is 0 Å². The fourth-order valence-corrected chi connectivity index (χ4v) is 5.60. The first-order valence-corrected chi connectivity index (χ1v) is 12.4. The van der Waals surface area contributed by atoms with Gasteiger partial charge in [0.1, 0.15) is 9.84 Å². The van der Waals surface area contributed by atoms with Gasteiger partial charge < -0.3 is 9.47 Å². The fraction of sp³-hybridized carbons (Fsp3) is 0.950. The summed E-state index contributed by atoms with van der Waals surface area (Å²) < 4.78 is 88.6. The average molecular weight is 461 g/mol. The maximum atomic E-state index is 14.5. The van der Waals surface area contributed by atoms with Crippen LogP contribution >= 0.6 is 0 Å². The molecule has 0 amide bonds. The van der Waals surface area contributed by atoms with Crippen molar-refractivity contribution in [3.63, 3.8) is 0 Å². The van der Waals surface area contributed by atoms with Crippen LogP contribution in [-0.2, 0) is 24.1 Å². The molecule has 176 valence electrons. The highest BCUT2D eigenvalue weighted by atomic mass is 32.2. The van der Waals surface area contributed by atoms with Crippen LogP contribution < -0.4 is 0 Å². The molecule has 1 aliphatic carbocycles. The molecule has 2 fully saturated rings. The molecule has 1 saturated heterocycles. The Morgan fingerprint density at radius 1 is 1.03 bits per heavy atom. The third-order valence-electron chi connectivity index (χ3n) is 5.83. The SMILES string of the molecule is CC(F)(F)CC(F)(F)C(COCCC1CCS(=O)(=O)CC1)OC(=O)C1CCCCC1. The molecule has 2 rings (SSSR count). The molecule has 1 saturated carbocycles. The van der Waals surface area contributed by atoms with Gasteiger partial charge in [-0.05, 0) is 44.9 Å². The van der Waals surface area contributed by atoms with Crippen LogP contribution in [-0.4, -0.2) is 57.1 Å². The summed E-state index contributed by atoms with van der Waals surface area (Å²) in [5, 5.41) is 0. The van der Waals surface area contributed by atoms with E-state index in [1.807, 2.05) is 0 Å². The first-order chi connectivity index (χ1) is 13.9. The molecule has 0 N–H and O–H groups in total. The average Bonchev–Trinajstić information content (AvgIpc) is 2.64. The summed E-state index contributed by atoms with van der Waals surface area (Å²) in [4.78, 5) is 12.3. The third-order valence-corrected chi connectivity index (χ3v) is 7.54. The summed E-state index contributed by atoms with van der Waals surface area (Å²) >= 11 is 0. The zero-order valence-corrected chi connectivity index (χ0v) is 18.2. The lowest BCUT2D eigenvalue weighted by atomic mass is 9.89. The Balaban J connectivity index is 1.89. The van der Waals surface area contributed by atoms with Crippen molar-refractivity contribution in [3.8, 4) is 0 Å². The maximum Gasteiger partial charge on any atom is 0.309 e. The topological polar surface area (TPSA) is 69.7 Å². The standard InChI is InChI=1S/C20H32F4O5S/c1-19(21,22)14-20(23,24)17(29-18(25)16-5-3-2-4-6-16)13-28-10-7-15-8-11-30(26,27)12-9-15/h15-17H,2-14H2,1H3. The lowest BCUT2D eigenvalue weighted by molar-refractivity contribution is -0.204. The van der Waals surface area contributed by atoms with Crippen LogP contribution in [0.3, 0.4) is 0 Å². The minimum atomic E-state index is -3.93. The second kappa shape index (κ2) is 10.6. The smallest absolute Gasteiger partial charge is 0.309 e. The van der Waals surface area contributed by atoms with E-state index in [0.29, 0.717) is 39.0 Å². The van der Waals surface area contributed by atoms with E-state index in [0.717, 1.165) is 19.3 Å². The zero-order valence-electron chi connectivity index (χ0n) is 17.4. The Bertz CT molecular complexity index is 643. The number of sulfone groups is 1. The van der Waals surface area contributed by atoms with Crippen molar-refractivity contribution in [2.24, 2.45) is 11.8 Å². The van der Waals surface area contributed by atoms with Crippen molar-refractivity contribution in [1.82, 2.24) is 0 Å². The number of carbonyl (C=O) groups excluding carboxylic acids is 1. The van der Waals surface area contributed by atoms with Crippen molar-refractivity contribution in [3.05, 3.63) is 0 Å². The maximum absolute atomic E-state index is 14.5. The van der Waals surface area contributed by atoms with Gasteiger partial charge in [0.15, 0.2) is 6.10 Å². The Kier molecular flexibility index (Phi) is 8.97. The summed E-state index contributed by atoms with van der Waals surface area (Å²) in [5.41, 5.74) is 0. The molecule has 0 bridgehead atoms. The molecule has 10 heteroatoms. The first-order valence-electron chi connectivity index (χ1n) is 10.6. The van der Waals surface area contributed by atoms with Crippen LogP contribution in [0.25, 0.3) is 0 Å². The van der Waals surface area contributed by atoms with Gasteiger partial charge in [0.2, 0.25) is 0 Å². The number of hydrogen-bond acceptors (Lipinski definition) is 5. The molecule has 0 spiro atoms. The van der Waals surface area contributed by atoms with E-state index in [1.54, 1.807) is 0 Å². The van der Waals surface area contributed by atoms with E-state index < -0.39 is 52.7 Å². The summed E-state index contributed by atoms with van der Waals surface area (Å²) in [7, 11) is -2.99. The Morgan fingerprint density at radius 3 is 2.20 bits per heavy atom. The molecule has 30 heavy (non-hydrogen) atoms. The number of ether oxygens (including phenoxy) is 2. The monoisotopic (exact) mass is 460 g/mol. The summed E-state index contributed by atoms with van der Waals surface area (Å²) in [6.45, 7) is -0.202. The summed E-state index contributed by atoms with van der Waals surface area (Å²) in [6, 6.07) is 0. The van der Waals surface area contributed by atoms with Crippen LogP contribution in [0.15, 0.2) is 0 Å². The van der Waals surface area contributed by atoms with Crippen molar-refractivity contribution < 1.29 is 40.2 Å². The molecule has 0 aromatic carbocycles. The van der Waals surface area contributed by atoms with Crippen molar-refractivity contribution in [1.29, 1.82) is 0 Å². The van der Waals surface area contributed by atoms with E-state index in [9.17, 15) is 30.8 Å². The predicted molar refractivity (Wildman–Crippen MR) is 103 cm³/mol. The van der Waals surface area contributed by atoms with Crippen molar-refractivity contribution in [2.75, 3.05) is 24.7 Å². The molecule has 1 atom stereocenters. The molecule has 5 nitrogen and oxygen atoms in total. The molecule has 1 aliphatic heterocycles. The highest BCUT2D eigenvalue weighted by Crippen LogP contribution is 2.35. The van der Waals surface area contributed by atoms with Gasteiger partial charge in [-0.15, -0.1) is 0 Å². The summed E-state index contributed by atoms with van der Waals surface area (Å²) in [6.07, 6.45) is 1.33. The van der Waals surface area contributed by atoms with Gasteiger partial charge in [0, 0.05) is 6.61 Å². The molecule has 1 unspecified atom stereocenters. The predicted octanol–water partition coefficient (Wildman–Crippen LogP) is 4.39. The van der Waals surface area contributed by atoms with E-state index in [-0.39, 0.29) is 24.0 Å². The highest BCUT2D eigenvalue weighted by Gasteiger charge is 2.49. The van der Waals surface area contributed by atoms with Gasteiger partial charge in [-0.2, -0.15) is 0 Å². The lowest BCUT2D eigenvalue weighted by Gasteiger charge is -2.30. The van der Waals surface area contributed by atoms with E-state index >= 15 is 0 Å². The molecule has 2 aliphatic rings. The van der Waals surface area contributed by atoms with Gasteiger partial charge in [-0.25, -0.2) is 26.0 Å². The van der Waals surface area contributed by atoms with Crippen molar-refractivity contribution >= 4 is 15.8 Å². The number of halogens is 4. The highest BCUT2D eigenvalue weighted by molar-refractivity contribution is 7.91. The largest absolute Gasteiger partial charge is 0.453 e. The molecule has 0 aromatic heterocycles. The van der Waals surface area contributed by atoms with Gasteiger partial charge in [0.25, 0.3) is 11.8 Å². The number of rotatable bonds is 10. The Hall–Kier alpha value is -0.900.